The third-order valence-corrected chi connectivity index (χ3v) is 2.77. The molecule has 0 fully saturated rings. The zero-order chi connectivity index (χ0) is 14.0. The Labute approximate surface area is 109 Å². The number of carbonyl (C=O) groups is 1. The summed E-state index contributed by atoms with van der Waals surface area (Å²) in [7, 11) is 0. The highest BCUT2D eigenvalue weighted by molar-refractivity contribution is 5.96. The van der Waals surface area contributed by atoms with Crippen molar-refractivity contribution in [2.24, 2.45) is 0 Å². The highest BCUT2D eigenvalue weighted by Gasteiger charge is 2.14. The molecule has 0 spiro atoms. The van der Waals surface area contributed by atoms with Crippen molar-refractivity contribution in [2.75, 3.05) is 0 Å². The number of nitrogens with zero attached hydrogens (tertiary/aromatic N) is 1. The number of aryl methyl sites for hydroxylation is 1. The molecule has 1 N–H and O–H groups in total. The van der Waals surface area contributed by atoms with Crippen LogP contribution in [0.4, 0.5) is 5.69 Å². The zero-order valence-corrected chi connectivity index (χ0v) is 10.2. The number of rotatable bonds is 3. The van der Waals surface area contributed by atoms with Crippen LogP contribution in [-0.4, -0.2) is 16.0 Å². The maximum absolute atomic E-state index is 11.2. The Kier molecular flexibility index (Phi) is 3.29. The number of hydrogen-bond acceptors (Lipinski definition) is 3. The van der Waals surface area contributed by atoms with Crippen LogP contribution in [-0.2, 0) is 0 Å². The van der Waals surface area contributed by atoms with Crippen LogP contribution in [0.3, 0.4) is 0 Å². The summed E-state index contributed by atoms with van der Waals surface area (Å²) in [6.45, 7) is 1.84. The molecule has 0 unspecified atom stereocenters. The number of nitro groups is 1. The Morgan fingerprint density at radius 1 is 1.21 bits per heavy atom. The van der Waals surface area contributed by atoms with E-state index in [2.05, 4.69) is 0 Å². The smallest absolute Gasteiger partial charge is 0.336 e. The minimum Gasteiger partial charge on any atom is -0.478 e. The number of carboxylic acids is 1. The lowest BCUT2D eigenvalue weighted by Crippen LogP contribution is -2.00. The van der Waals surface area contributed by atoms with Gasteiger partial charge >= 0.3 is 5.97 Å². The first-order chi connectivity index (χ1) is 8.99. The highest BCUT2D eigenvalue weighted by atomic mass is 16.6. The molecule has 2 aromatic carbocycles. The monoisotopic (exact) mass is 257 g/mol. The molecular formula is C14H11NO4. The molecule has 5 heteroatoms. The Morgan fingerprint density at radius 2 is 1.95 bits per heavy atom. The van der Waals surface area contributed by atoms with Gasteiger partial charge in [-0.15, -0.1) is 0 Å². The number of nitro benzene ring substituents is 1. The minimum absolute atomic E-state index is 0.0599. The van der Waals surface area contributed by atoms with Gasteiger partial charge in [-0.2, -0.15) is 0 Å². The molecule has 0 saturated carbocycles. The summed E-state index contributed by atoms with van der Waals surface area (Å²) < 4.78 is 0. The van der Waals surface area contributed by atoms with Gasteiger partial charge in [0.05, 0.1) is 10.5 Å². The van der Waals surface area contributed by atoms with Gasteiger partial charge in [0.15, 0.2) is 0 Å². The fraction of sp³-hybridized carbons (Fsp3) is 0.0714. The summed E-state index contributed by atoms with van der Waals surface area (Å²) in [6.07, 6.45) is 0. The van der Waals surface area contributed by atoms with Crippen LogP contribution >= 0.6 is 0 Å². The second-order valence-corrected chi connectivity index (χ2v) is 4.16. The zero-order valence-electron chi connectivity index (χ0n) is 10.2. The van der Waals surface area contributed by atoms with E-state index in [1.165, 1.54) is 18.2 Å². The van der Waals surface area contributed by atoms with Crippen molar-refractivity contribution in [3.05, 3.63) is 63.7 Å². The third kappa shape index (κ3) is 2.60. The molecule has 0 radical (unpaired) electrons. The van der Waals surface area contributed by atoms with E-state index in [0.29, 0.717) is 11.1 Å². The predicted octanol–water partition coefficient (Wildman–Crippen LogP) is 3.27. The van der Waals surface area contributed by atoms with Crippen molar-refractivity contribution in [1.82, 2.24) is 0 Å². The summed E-state index contributed by atoms with van der Waals surface area (Å²) in [6, 6.07) is 10.9. The van der Waals surface area contributed by atoms with Crippen molar-refractivity contribution in [1.29, 1.82) is 0 Å². The van der Waals surface area contributed by atoms with E-state index in [4.69, 9.17) is 5.11 Å². The van der Waals surface area contributed by atoms with E-state index >= 15 is 0 Å². The highest BCUT2D eigenvalue weighted by Crippen LogP contribution is 2.28. The lowest BCUT2D eigenvalue weighted by atomic mass is 9.97. The summed E-state index contributed by atoms with van der Waals surface area (Å²) in [4.78, 5) is 21.5. The average molecular weight is 257 g/mol. The van der Waals surface area contributed by atoms with Gasteiger partial charge in [-0.25, -0.2) is 4.79 Å². The maximum Gasteiger partial charge on any atom is 0.336 e. The molecular weight excluding hydrogens is 246 g/mol. The molecule has 0 aliphatic heterocycles. The average Bonchev–Trinajstić information content (AvgIpc) is 2.38. The molecule has 2 rings (SSSR count). The van der Waals surface area contributed by atoms with Gasteiger partial charge in [0.25, 0.3) is 5.69 Å². The topological polar surface area (TPSA) is 80.4 Å². The van der Waals surface area contributed by atoms with Gasteiger partial charge in [-0.3, -0.25) is 10.1 Å². The van der Waals surface area contributed by atoms with Crippen molar-refractivity contribution >= 4 is 11.7 Å². The van der Waals surface area contributed by atoms with Crippen molar-refractivity contribution in [3.8, 4) is 11.1 Å². The van der Waals surface area contributed by atoms with Crippen molar-refractivity contribution < 1.29 is 14.8 Å². The van der Waals surface area contributed by atoms with Gasteiger partial charge in [0.1, 0.15) is 0 Å². The first-order valence-electron chi connectivity index (χ1n) is 5.58. The van der Waals surface area contributed by atoms with Crippen LogP contribution in [0.15, 0.2) is 42.5 Å². The van der Waals surface area contributed by atoms with Gasteiger partial charge in [-0.05, 0) is 24.1 Å². The Bertz CT molecular complexity index is 664. The van der Waals surface area contributed by atoms with Crippen molar-refractivity contribution in [3.63, 3.8) is 0 Å². The van der Waals surface area contributed by atoms with Crippen LogP contribution in [0.5, 0.6) is 0 Å². The molecule has 0 heterocycles. The standard InChI is InChI=1S/C14H11NO4/c1-9-5-6-12(14(16)17)13(7-9)10-3-2-4-11(8-10)15(18)19/h2-8H,1H3,(H,16,17). The Hall–Kier alpha value is -2.69. The molecule has 0 saturated heterocycles. The van der Waals surface area contributed by atoms with Gasteiger partial charge in [0, 0.05) is 12.1 Å². The van der Waals surface area contributed by atoms with Gasteiger partial charge < -0.3 is 5.11 Å². The fourth-order valence-corrected chi connectivity index (χ4v) is 1.87. The normalized spacial score (nSPS) is 10.2. The molecule has 0 amide bonds. The largest absolute Gasteiger partial charge is 0.478 e. The maximum atomic E-state index is 11.2. The van der Waals surface area contributed by atoms with Crippen LogP contribution in [0.2, 0.25) is 0 Å². The molecule has 2 aromatic rings. The summed E-state index contributed by atoms with van der Waals surface area (Å²) in [5.74, 6) is -1.05. The molecule has 96 valence electrons. The Balaban J connectivity index is 2.64. The minimum atomic E-state index is -1.05. The molecule has 0 aliphatic rings. The molecule has 5 nitrogen and oxygen atoms in total. The van der Waals surface area contributed by atoms with Gasteiger partial charge in [-0.1, -0.05) is 29.8 Å². The van der Waals surface area contributed by atoms with Crippen molar-refractivity contribution in [2.45, 2.75) is 6.92 Å². The van der Waals surface area contributed by atoms with E-state index in [9.17, 15) is 14.9 Å². The van der Waals surface area contributed by atoms with Crippen LogP contribution in [0, 0.1) is 17.0 Å². The molecule has 19 heavy (non-hydrogen) atoms. The predicted molar refractivity (Wildman–Crippen MR) is 70.2 cm³/mol. The first kappa shape index (κ1) is 12.8. The molecule has 0 aromatic heterocycles. The number of carboxylic acid groups (broad SMARTS) is 1. The Morgan fingerprint density at radius 3 is 2.58 bits per heavy atom. The van der Waals surface area contributed by atoms with E-state index in [-0.39, 0.29) is 11.3 Å². The first-order valence-corrected chi connectivity index (χ1v) is 5.58. The number of aromatic carboxylic acids is 1. The number of non-ortho nitro benzene ring substituents is 1. The van der Waals surface area contributed by atoms with E-state index < -0.39 is 10.9 Å². The quantitative estimate of drug-likeness (QED) is 0.675. The SMILES string of the molecule is Cc1ccc(C(=O)O)c(-c2cccc([N+](=O)[O-])c2)c1. The lowest BCUT2D eigenvalue weighted by Gasteiger charge is -2.07. The van der Waals surface area contributed by atoms with Gasteiger partial charge in [0.2, 0.25) is 0 Å². The van der Waals surface area contributed by atoms with Crippen LogP contribution in [0.25, 0.3) is 11.1 Å². The molecule has 0 atom stereocenters. The second-order valence-electron chi connectivity index (χ2n) is 4.16. The fourth-order valence-electron chi connectivity index (χ4n) is 1.87. The third-order valence-electron chi connectivity index (χ3n) is 2.77. The summed E-state index contributed by atoms with van der Waals surface area (Å²) in [5, 5.41) is 19.9. The van der Waals surface area contributed by atoms with E-state index in [1.807, 2.05) is 6.92 Å². The lowest BCUT2D eigenvalue weighted by molar-refractivity contribution is -0.384. The number of hydrogen-bond donors (Lipinski definition) is 1. The number of benzene rings is 2. The van der Waals surface area contributed by atoms with E-state index in [1.54, 1.807) is 24.3 Å². The van der Waals surface area contributed by atoms with Crippen LogP contribution < -0.4 is 0 Å². The molecule has 0 bridgehead atoms. The molecule has 0 aliphatic carbocycles. The van der Waals surface area contributed by atoms with Crippen LogP contribution in [0.1, 0.15) is 15.9 Å². The second kappa shape index (κ2) is 4.89. The summed E-state index contributed by atoms with van der Waals surface area (Å²) in [5.41, 5.74) is 1.97. The van der Waals surface area contributed by atoms with E-state index in [0.717, 1.165) is 5.56 Å². The summed E-state index contributed by atoms with van der Waals surface area (Å²) >= 11 is 0.